The molecular weight excluding hydrogens is 352 g/mol. The van der Waals surface area contributed by atoms with Crippen molar-refractivity contribution in [2.75, 3.05) is 12.8 Å². The predicted molar refractivity (Wildman–Crippen MR) is 103 cm³/mol. The summed E-state index contributed by atoms with van der Waals surface area (Å²) in [5, 5.41) is 14.3. The minimum absolute atomic E-state index is 0.0323. The molecule has 0 bridgehead atoms. The van der Waals surface area contributed by atoms with Gasteiger partial charge < -0.3 is 15.6 Å². The van der Waals surface area contributed by atoms with E-state index in [1.54, 1.807) is 12.1 Å². The Morgan fingerprint density at radius 1 is 1.38 bits per heavy atom. The number of hydrogen-bond donors (Lipinski definition) is 3. The molecule has 8 heteroatoms. The highest BCUT2D eigenvalue weighted by atomic mass is 32.1. The molecule has 3 aromatic rings. The third-order valence-corrected chi connectivity index (χ3v) is 4.91. The van der Waals surface area contributed by atoms with Crippen molar-refractivity contribution >= 4 is 39.4 Å². The molecule has 0 radical (unpaired) electrons. The van der Waals surface area contributed by atoms with Gasteiger partial charge in [0.05, 0.1) is 19.0 Å². The molecule has 0 aliphatic heterocycles. The van der Waals surface area contributed by atoms with Gasteiger partial charge in [-0.1, -0.05) is 0 Å². The summed E-state index contributed by atoms with van der Waals surface area (Å²) in [5.74, 6) is -0.0413. The SMILES string of the molecule is COc1cc(/C=N\NC(=O)c2sc3nc(C)cc(C)c3c2N)ccc1O. The molecule has 0 fully saturated rings. The van der Waals surface area contributed by atoms with Crippen molar-refractivity contribution in [3.8, 4) is 11.5 Å². The summed E-state index contributed by atoms with van der Waals surface area (Å²) in [6.07, 6.45) is 1.46. The number of phenols is 1. The standard InChI is InChI=1S/C18H18N4O3S/c1-9-6-10(2)21-18-14(9)15(19)16(26-18)17(24)22-20-8-11-4-5-12(23)13(7-11)25-3/h4-8,23H,19H2,1-3H3,(H,22,24)/b20-8-. The summed E-state index contributed by atoms with van der Waals surface area (Å²) in [5.41, 5.74) is 11.5. The number of methoxy groups -OCH3 is 1. The van der Waals surface area contributed by atoms with E-state index in [9.17, 15) is 9.90 Å². The molecule has 134 valence electrons. The van der Waals surface area contributed by atoms with Gasteiger partial charge in [0.2, 0.25) is 0 Å². The van der Waals surface area contributed by atoms with Crippen molar-refractivity contribution in [3.63, 3.8) is 0 Å². The van der Waals surface area contributed by atoms with Gasteiger partial charge in [-0.05, 0) is 49.2 Å². The Labute approximate surface area is 154 Å². The van der Waals surface area contributed by atoms with E-state index in [0.29, 0.717) is 21.9 Å². The van der Waals surface area contributed by atoms with E-state index in [2.05, 4.69) is 15.5 Å². The zero-order chi connectivity index (χ0) is 18.8. The number of nitrogen functional groups attached to an aromatic ring is 1. The van der Waals surface area contributed by atoms with Crippen molar-refractivity contribution in [2.24, 2.45) is 5.10 Å². The molecule has 1 aromatic carbocycles. The molecule has 3 rings (SSSR count). The maximum absolute atomic E-state index is 12.4. The van der Waals surface area contributed by atoms with Crippen LogP contribution in [0.25, 0.3) is 10.2 Å². The van der Waals surface area contributed by atoms with Gasteiger partial charge in [0.15, 0.2) is 11.5 Å². The van der Waals surface area contributed by atoms with Crippen LogP contribution < -0.4 is 15.9 Å². The van der Waals surface area contributed by atoms with Crippen LogP contribution in [0.1, 0.15) is 26.5 Å². The lowest BCUT2D eigenvalue weighted by atomic mass is 10.1. The number of hydrogen-bond acceptors (Lipinski definition) is 7. The quantitative estimate of drug-likeness (QED) is 0.483. The van der Waals surface area contributed by atoms with Gasteiger partial charge in [-0.3, -0.25) is 4.79 Å². The van der Waals surface area contributed by atoms with Gasteiger partial charge in [-0.25, -0.2) is 10.4 Å². The van der Waals surface area contributed by atoms with Crippen LogP contribution in [0.2, 0.25) is 0 Å². The van der Waals surface area contributed by atoms with E-state index >= 15 is 0 Å². The number of thiophene rings is 1. The number of aryl methyl sites for hydroxylation is 2. The molecule has 0 saturated heterocycles. The molecule has 0 unspecified atom stereocenters. The lowest BCUT2D eigenvalue weighted by Gasteiger charge is -2.03. The highest BCUT2D eigenvalue weighted by Crippen LogP contribution is 2.34. The average Bonchev–Trinajstić information content (AvgIpc) is 2.93. The van der Waals surface area contributed by atoms with Gasteiger partial charge >= 0.3 is 0 Å². The summed E-state index contributed by atoms with van der Waals surface area (Å²) in [6.45, 7) is 3.84. The first-order valence-electron chi connectivity index (χ1n) is 7.77. The number of nitrogens with one attached hydrogen (secondary N) is 1. The number of aromatic nitrogens is 1. The second-order valence-corrected chi connectivity index (χ2v) is 6.74. The first-order valence-corrected chi connectivity index (χ1v) is 8.59. The Bertz CT molecular complexity index is 1030. The third-order valence-electron chi connectivity index (χ3n) is 3.81. The zero-order valence-electron chi connectivity index (χ0n) is 14.5. The van der Waals surface area contributed by atoms with Crippen LogP contribution in [0.15, 0.2) is 29.4 Å². The van der Waals surface area contributed by atoms with Crippen molar-refractivity contribution < 1.29 is 14.6 Å². The number of carbonyl (C=O) groups excluding carboxylic acids is 1. The Kier molecular flexibility index (Phi) is 4.77. The molecular formula is C18H18N4O3S. The molecule has 7 nitrogen and oxygen atoms in total. The van der Waals surface area contributed by atoms with Crippen LogP contribution in [-0.4, -0.2) is 29.3 Å². The lowest BCUT2D eigenvalue weighted by Crippen LogP contribution is -2.17. The number of hydrazone groups is 1. The molecule has 4 N–H and O–H groups in total. The number of fused-ring (bicyclic) bond motifs is 1. The second kappa shape index (κ2) is 7.01. The third kappa shape index (κ3) is 3.31. The normalized spacial score (nSPS) is 11.2. The van der Waals surface area contributed by atoms with E-state index in [0.717, 1.165) is 21.5 Å². The van der Waals surface area contributed by atoms with E-state index in [1.807, 2.05) is 19.9 Å². The van der Waals surface area contributed by atoms with Crippen molar-refractivity contribution in [1.82, 2.24) is 10.4 Å². The summed E-state index contributed by atoms with van der Waals surface area (Å²) in [7, 11) is 1.46. The van der Waals surface area contributed by atoms with Crippen LogP contribution in [0.3, 0.4) is 0 Å². The number of benzene rings is 1. The molecule has 0 atom stereocenters. The number of rotatable bonds is 4. The fraction of sp³-hybridized carbons (Fsp3) is 0.167. The largest absolute Gasteiger partial charge is 0.504 e. The number of nitrogens with two attached hydrogens (primary N) is 1. The molecule has 26 heavy (non-hydrogen) atoms. The van der Waals surface area contributed by atoms with Gasteiger partial charge in [0, 0.05) is 11.1 Å². The first kappa shape index (κ1) is 17.7. The number of carbonyl (C=O) groups is 1. The predicted octanol–water partition coefficient (Wildman–Crippen LogP) is 2.97. The monoisotopic (exact) mass is 370 g/mol. The average molecular weight is 370 g/mol. The number of anilines is 1. The molecule has 2 heterocycles. The number of pyridine rings is 1. The second-order valence-electron chi connectivity index (χ2n) is 5.74. The fourth-order valence-electron chi connectivity index (χ4n) is 2.63. The summed E-state index contributed by atoms with van der Waals surface area (Å²) in [4.78, 5) is 18.0. The minimum Gasteiger partial charge on any atom is -0.504 e. The Hall–Kier alpha value is -3.13. The van der Waals surface area contributed by atoms with Crippen molar-refractivity contribution in [3.05, 3.63) is 46.0 Å². The highest BCUT2D eigenvalue weighted by Gasteiger charge is 2.18. The number of ether oxygens (including phenoxy) is 1. The zero-order valence-corrected chi connectivity index (χ0v) is 15.3. The van der Waals surface area contributed by atoms with E-state index in [-0.39, 0.29) is 5.75 Å². The van der Waals surface area contributed by atoms with Crippen molar-refractivity contribution in [1.29, 1.82) is 0 Å². The van der Waals surface area contributed by atoms with Crippen LogP contribution in [0.4, 0.5) is 5.69 Å². The molecule has 0 spiro atoms. The van der Waals surface area contributed by atoms with Crippen molar-refractivity contribution in [2.45, 2.75) is 13.8 Å². The number of phenolic OH excluding ortho intramolecular Hbond substituents is 1. The Balaban J connectivity index is 1.81. The van der Waals surface area contributed by atoms with E-state index in [4.69, 9.17) is 10.5 Å². The van der Waals surface area contributed by atoms with Crippen LogP contribution >= 0.6 is 11.3 Å². The van der Waals surface area contributed by atoms with Crippen LogP contribution in [0.5, 0.6) is 11.5 Å². The number of amides is 1. The maximum atomic E-state index is 12.4. The van der Waals surface area contributed by atoms with Gasteiger partial charge in [0.1, 0.15) is 9.71 Å². The van der Waals surface area contributed by atoms with Gasteiger partial charge in [0.25, 0.3) is 5.91 Å². The molecule has 0 aliphatic carbocycles. The lowest BCUT2D eigenvalue weighted by molar-refractivity contribution is 0.0960. The van der Waals surface area contributed by atoms with Crippen LogP contribution in [-0.2, 0) is 0 Å². The summed E-state index contributed by atoms with van der Waals surface area (Å²) >= 11 is 1.24. The Morgan fingerprint density at radius 2 is 2.15 bits per heavy atom. The number of nitrogens with zero attached hydrogens (tertiary/aromatic N) is 2. The Morgan fingerprint density at radius 3 is 2.88 bits per heavy atom. The van der Waals surface area contributed by atoms with E-state index in [1.165, 1.54) is 30.7 Å². The minimum atomic E-state index is -0.399. The topological polar surface area (TPSA) is 110 Å². The van der Waals surface area contributed by atoms with Crippen LogP contribution in [0, 0.1) is 13.8 Å². The van der Waals surface area contributed by atoms with Gasteiger partial charge in [-0.2, -0.15) is 5.10 Å². The molecule has 2 aromatic heterocycles. The maximum Gasteiger partial charge on any atom is 0.283 e. The molecule has 1 amide bonds. The smallest absolute Gasteiger partial charge is 0.283 e. The van der Waals surface area contributed by atoms with E-state index < -0.39 is 5.91 Å². The fourth-order valence-corrected chi connectivity index (χ4v) is 3.73. The first-order chi connectivity index (χ1) is 12.4. The summed E-state index contributed by atoms with van der Waals surface area (Å²) < 4.78 is 5.03. The summed E-state index contributed by atoms with van der Waals surface area (Å²) in [6, 6.07) is 6.68. The molecule has 0 saturated carbocycles. The van der Waals surface area contributed by atoms with Gasteiger partial charge in [-0.15, -0.1) is 11.3 Å². The number of aromatic hydroxyl groups is 1. The highest BCUT2D eigenvalue weighted by molar-refractivity contribution is 7.21. The molecule has 0 aliphatic rings.